The first-order valence-electron chi connectivity index (χ1n) is 5.23. The van der Waals surface area contributed by atoms with Gasteiger partial charge < -0.3 is 10.3 Å². The van der Waals surface area contributed by atoms with Gasteiger partial charge >= 0.3 is 6.18 Å². The number of fused-ring (bicyclic) bond motifs is 1. The molecule has 92 valence electrons. The minimum absolute atomic E-state index is 0.207. The van der Waals surface area contributed by atoms with Crippen molar-refractivity contribution in [1.82, 2.24) is 4.57 Å². The average Bonchev–Trinajstić information content (AvgIpc) is 2.54. The Balaban J connectivity index is 2.64. The molecule has 0 bridgehead atoms. The van der Waals surface area contributed by atoms with Crippen LogP contribution in [0.5, 0.6) is 0 Å². The Hall–Kier alpha value is -1.49. The Morgan fingerprint density at radius 2 is 1.88 bits per heavy atom. The number of nitrogens with two attached hydrogens (primary N) is 1. The highest BCUT2D eigenvalue weighted by Crippen LogP contribution is 2.32. The van der Waals surface area contributed by atoms with Crippen molar-refractivity contribution in [3.8, 4) is 0 Å². The third-order valence-electron chi connectivity index (χ3n) is 2.87. The van der Waals surface area contributed by atoms with E-state index in [0.717, 1.165) is 23.3 Å². The lowest BCUT2D eigenvalue weighted by Crippen LogP contribution is -2.09. The smallest absolute Gasteiger partial charge is 0.346 e. The second-order valence-electron chi connectivity index (χ2n) is 4.19. The van der Waals surface area contributed by atoms with Gasteiger partial charge in [0.15, 0.2) is 0 Å². The molecule has 5 heteroatoms. The van der Waals surface area contributed by atoms with Crippen LogP contribution in [-0.4, -0.2) is 4.57 Å². The highest BCUT2D eigenvalue weighted by Gasteiger charge is 2.30. The monoisotopic (exact) mass is 242 g/mol. The number of hydrogen-bond acceptors (Lipinski definition) is 1. The van der Waals surface area contributed by atoms with E-state index >= 15 is 0 Å². The quantitative estimate of drug-likeness (QED) is 0.817. The van der Waals surface area contributed by atoms with Gasteiger partial charge in [-0.15, -0.1) is 0 Å². The van der Waals surface area contributed by atoms with Gasteiger partial charge in [0.2, 0.25) is 0 Å². The third kappa shape index (κ3) is 2.02. The molecule has 2 N–H and O–H groups in total. The van der Waals surface area contributed by atoms with Crippen LogP contribution in [0.2, 0.25) is 0 Å². The molecule has 0 saturated heterocycles. The van der Waals surface area contributed by atoms with Crippen molar-refractivity contribution in [3.05, 3.63) is 35.5 Å². The maximum absolute atomic E-state index is 12.6. The van der Waals surface area contributed by atoms with Gasteiger partial charge in [-0.2, -0.15) is 13.2 Å². The summed E-state index contributed by atoms with van der Waals surface area (Å²) >= 11 is 0. The van der Waals surface area contributed by atoms with Crippen LogP contribution in [0.3, 0.4) is 0 Å². The Bertz CT molecular complexity index is 553. The van der Waals surface area contributed by atoms with Crippen LogP contribution in [0.4, 0.5) is 13.2 Å². The SMILES string of the molecule is CC(N)c1cc2cc(C(F)(F)F)ccc2n1C. The minimum atomic E-state index is -4.31. The summed E-state index contributed by atoms with van der Waals surface area (Å²) in [6.07, 6.45) is -4.31. The van der Waals surface area contributed by atoms with Crippen molar-refractivity contribution < 1.29 is 13.2 Å². The van der Waals surface area contributed by atoms with Crippen molar-refractivity contribution in [3.63, 3.8) is 0 Å². The number of hydrogen-bond donors (Lipinski definition) is 1. The van der Waals surface area contributed by atoms with Crippen LogP contribution in [0.15, 0.2) is 24.3 Å². The summed E-state index contributed by atoms with van der Waals surface area (Å²) in [4.78, 5) is 0. The first-order chi connectivity index (χ1) is 7.80. The van der Waals surface area contributed by atoms with E-state index in [1.165, 1.54) is 6.07 Å². The fourth-order valence-electron chi connectivity index (χ4n) is 1.98. The molecule has 2 rings (SSSR count). The maximum Gasteiger partial charge on any atom is 0.416 e. The Labute approximate surface area is 96.8 Å². The van der Waals surface area contributed by atoms with Gasteiger partial charge in [0, 0.05) is 29.7 Å². The largest absolute Gasteiger partial charge is 0.416 e. The maximum atomic E-state index is 12.6. The van der Waals surface area contributed by atoms with Crippen LogP contribution < -0.4 is 5.73 Å². The molecule has 1 unspecified atom stereocenters. The topological polar surface area (TPSA) is 30.9 Å². The van der Waals surface area contributed by atoms with Gasteiger partial charge in [-0.1, -0.05) is 0 Å². The number of alkyl halides is 3. The second-order valence-corrected chi connectivity index (χ2v) is 4.19. The van der Waals surface area contributed by atoms with Gasteiger partial charge in [0.05, 0.1) is 5.56 Å². The molecule has 0 radical (unpaired) electrons. The minimum Gasteiger partial charge on any atom is -0.346 e. The predicted octanol–water partition coefficient (Wildman–Crippen LogP) is 3.22. The van der Waals surface area contributed by atoms with Crippen LogP contribution >= 0.6 is 0 Å². The standard InChI is InChI=1S/C12H13F3N2/c1-7(16)11-6-8-5-9(12(13,14)15)3-4-10(8)17(11)2/h3-7H,16H2,1-2H3. The summed E-state index contributed by atoms with van der Waals surface area (Å²) < 4.78 is 39.5. The number of halogens is 3. The summed E-state index contributed by atoms with van der Waals surface area (Å²) in [5, 5.41) is 0.564. The lowest BCUT2D eigenvalue weighted by Gasteiger charge is -2.08. The van der Waals surface area contributed by atoms with E-state index in [0.29, 0.717) is 5.39 Å². The molecule has 0 aliphatic heterocycles. The zero-order chi connectivity index (χ0) is 12.8. The molecule has 0 aliphatic rings. The third-order valence-corrected chi connectivity index (χ3v) is 2.87. The zero-order valence-electron chi connectivity index (χ0n) is 9.55. The van der Waals surface area contributed by atoms with E-state index in [1.54, 1.807) is 20.0 Å². The highest BCUT2D eigenvalue weighted by molar-refractivity contribution is 5.82. The summed E-state index contributed by atoms with van der Waals surface area (Å²) in [6.45, 7) is 1.80. The summed E-state index contributed by atoms with van der Waals surface area (Å²) in [6, 6.07) is 5.22. The van der Waals surface area contributed by atoms with E-state index in [2.05, 4.69) is 0 Å². The van der Waals surface area contributed by atoms with Gasteiger partial charge in [0.1, 0.15) is 0 Å². The molecular weight excluding hydrogens is 229 g/mol. The lowest BCUT2D eigenvalue weighted by atomic mass is 10.1. The van der Waals surface area contributed by atoms with Crippen molar-refractivity contribution in [2.75, 3.05) is 0 Å². The van der Waals surface area contributed by atoms with Crippen molar-refractivity contribution >= 4 is 10.9 Å². The van der Waals surface area contributed by atoms with Crippen LogP contribution in [0.25, 0.3) is 10.9 Å². The van der Waals surface area contributed by atoms with E-state index in [4.69, 9.17) is 5.73 Å². The fourth-order valence-corrected chi connectivity index (χ4v) is 1.98. The van der Waals surface area contributed by atoms with E-state index in [9.17, 15) is 13.2 Å². The number of benzene rings is 1. The summed E-state index contributed by atoms with van der Waals surface area (Å²) in [5.74, 6) is 0. The van der Waals surface area contributed by atoms with Gasteiger partial charge in [-0.05, 0) is 31.2 Å². The van der Waals surface area contributed by atoms with Crippen LogP contribution in [0, 0.1) is 0 Å². The molecule has 0 amide bonds. The first-order valence-corrected chi connectivity index (χ1v) is 5.23. The number of rotatable bonds is 1. The van der Waals surface area contributed by atoms with Crippen LogP contribution in [0.1, 0.15) is 24.2 Å². The number of aromatic nitrogens is 1. The summed E-state index contributed by atoms with van der Waals surface area (Å²) in [7, 11) is 1.80. The van der Waals surface area contributed by atoms with Gasteiger partial charge in [-0.25, -0.2) is 0 Å². The molecule has 1 aromatic heterocycles. The van der Waals surface area contributed by atoms with E-state index in [1.807, 2.05) is 4.57 Å². The average molecular weight is 242 g/mol. The van der Waals surface area contributed by atoms with Crippen molar-refractivity contribution in [1.29, 1.82) is 0 Å². The second kappa shape index (κ2) is 3.77. The molecular formula is C12H13F3N2. The van der Waals surface area contributed by atoms with Gasteiger partial charge in [-0.3, -0.25) is 0 Å². The summed E-state index contributed by atoms with van der Waals surface area (Å²) in [5.41, 5.74) is 6.70. The molecule has 17 heavy (non-hydrogen) atoms. The molecule has 2 nitrogen and oxygen atoms in total. The molecule has 1 atom stereocenters. The Morgan fingerprint density at radius 3 is 2.41 bits per heavy atom. The molecule has 0 saturated carbocycles. The first kappa shape index (κ1) is 12.0. The molecule has 1 aromatic carbocycles. The van der Waals surface area contributed by atoms with Gasteiger partial charge in [0.25, 0.3) is 0 Å². The number of aryl methyl sites for hydroxylation is 1. The van der Waals surface area contributed by atoms with E-state index < -0.39 is 11.7 Å². The van der Waals surface area contributed by atoms with E-state index in [-0.39, 0.29) is 6.04 Å². The molecule has 1 heterocycles. The highest BCUT2D eigenvalue weighted by atomic mass is 19.4. The Kier molecular flexibility index (Phi) is 2.66. The fraction of sp³-hybridized carbons (Fsp3) is 0.333. The number of nitrogens with zero attached hydrogens (tertiary/aromatic N) is 1. The molecule has 0 aliphatic carbocycles. The van der Waals surface area contributed by atoms with Crippen molar-refractivity contribution in [2.45, 2.75) is 19.1 Å². The van der Waals surface area contributed by atoms with Crippen LogP contribution in [-0.2, 0) is 13.2 Å². The lowest BCUT2D eigenvalue weighted by molar-refractivity contribution is -0.137. The normalized spacial score (nSPS) is 14.2. The van der Waals surface area contributed by atoms with Crippen molar-refractivity contribution in [2.24, 2.45) is 12.8 Å². The molecule has 0 fully saturated rings. The Morgan fingerprint density at radius 1 is 1.24 bits per heavy atom. The zero-order valence-corrected chi connectivity index (χ0v) is 9.55. The molecule has 0 spiro atoms. The predicted molar refractivity (Wildman–Crippen MR) is 60.5 cm³/mol. The molecule has 2 aromatic rings.